The maximum Gasteiger partial charge on any atom is 0.332 e. The molecule has 9 nitrogen and oxygen atoms in total. The summed E-state index contributed by atoms with van der Waals surface area (Å²) >= 11 is 4.93. The van der Waals surface area contributed by atoms with Crippen LogP contribution < -0.4 is 16.0 Å². The van der Waals surface area contributed by atoms with Crippen molar-refractivity contribution < 1.29 is 23.7 Å². The highest BCUT2D eigenvalue weighted by molar-refractivity contribution is 9.11. The molecule has 11 heteroatoms. The van der Waals surface area contributed by atoms with E-state index in [1.807, 2.05) is 31.2 Å². The van der Waals surface area contributed by atoms with Gasteiger partial charge >= 0.3 is 11.7 Å². The van der Waals surface area contributed by atoms with Gasteiger partial charge in [-0.05, 0) is 60.2 Å². The summed E-state index contributed by atoms with van der Waals surface area (Å²) in [5.41, 5.74) is -0.109. The first kappa shape index (κ1) is 27.1. The van der Waals surface area contributed by atoms with Gasteiger partial charge in [-0.3, -0.25) is 18.7 Å². The van der Waals surface area contributed by atoms with Gasteiger partial charge in [-0.2, -0.15) is 0 Å². The number of hydrogen-bond donors (Lipinski definition) is 0. The van der Waals surface area contributed by atoms with E-state index >= 15 is 0 Å². The predicted octanol–water partition coefficient (Wildman–Crippen LogP) is 4.29. The van der Waals surface area contributed by atoms with E-state index in [1.54, 1.807) is 11.7 Å². The first-order valence-electron chi connectivity index (χ1n) is 12.7. The second kappa shape index (κ2) is 11.0. The Hall–Kier alpha value is -2.47. The minimum Gasteiger partial charge on any atom is -0.496 e. The number of hydrogen-bond acceptors (Lipinski definition) is 8. The lowest BCUT2D eigenvalue weighted by atomic mass is 10.1. The highest BCUT2D eigenvalue weighted by Gasteiger charge is 2.49. The standard InChI is InChI=1S/C27H31BrN2O7S/c1-16-22-24(32)30(27(10-11-27)14-21(31)35-3)26(33)29(25(22)38-23(16)28)15-20(37-17-8-12-36-13-9-17)18-6-4-5-7-19(18)34-2/h4-7,17,20H,8-15H2,1-3H3. The number of carbonyl (C=O) groups excluding carboxylic acids is 1. The van der Waals surface area contributed by atoms with Crippen LogP contribution in [0.15, 0.2) is 37.6 Å². The van der Waals surface area contributed by atoms with Crippen molar-refractivity contribution in [2.45, 2.75) is 63.3 Å². The molecule has 0 spiro atoms. The highest BCUT2D eigenvalue weighted by atomic mass is 79.9. The van der Waals surface area contributed by atoms with Crippen LogP contribution in [0.1, 0.15) is 49.3 Å². The average molecular weight is 608 g/mol. The van der Waals surface area contributed by atoms with Gasteiger partial charge in [-0.1, -0.05) is 18.2 Å². The van der Waals surface area contributed by atoms with Crippen LogP contribution in [-0.2, 0) is 31.1 Å². The van der Waals surface area contributed by atoms with E-state index in [0.29, 0.717) is 42.0 Å². The normalized spacial score (nSPS) is 17.9. The number of para-hydroxylation sites is 1. The molecule has 2 aromatic heterocycles. The molecule has 38 heavy (non-hydrogen) atoms. The molecular formula is C27H31BrN2O7S. The van der Waals surface area contributed by atoms with Gasteiger partial charge in [0.2, 0.25) is 0 Å². The molecule has 1 saturated carbocycles. The fourth-order valence-corrected chi connectivity index (χ4v) is 6.91. The minimum atomic E-state index is -0.875. The van der Waals surface area contributed by atoms with E-state index in [4.69, 9.17) is 18.9 Å². The number of fused-ring (bicyclic) bond motifs is 1. The molecule has 1 saturated heterocycles. The maximum absolute atomic E-state index is 14.2. The lowest BCUT2D eigenvalue weighted by Gasteiger charge is -2.29. The van der Waals surface area contributed by atoms with Gasteiger partial charge < -0.3 is 18.9 Å². The smallest absolute Gasteiger partial charge is 0.332 e. The van der Waals surface area contributed by atoms with Crippen LogP contribution in [0.25, 0.3) is 10.2 Å². The van der Waals surface area contributed by atoms with Gasteiger partial charge in [0, 0.05) is 18.8 Å². The van der Waals surface area contributed by atoms with Crippen molar-refractivity contribution in [2.75, 3.05) is 27.4 Å². The van der Waals surface area contributed by atoms with Crippen LogP contribution in [-0.4, -0.2) is 48.6 Å². The number of halogens is 1. The highest BCUT2D eigenvalue weighted by Crippen LogP contribution is 2.46. The summed E-state index contributed by atoms with van der Waals surface area (Å²) in [6, 6.07) is 7.62. The third-order valence-electron chi connectivity index (χ3n) is 7.52. The summed E-state index contributed by atoms with van der Waals surface area (Å²) < 4.78 is 26.4. The Kier molecular flexibility index (Phi) is 7.82. The fourth-order valence-electron chi connectivity index (χ4n) is 5.22. The zero-order valence-corrected chi connectivity index (χ0v) is 24.1. The Morgan fingerprint density at radius 3 is 2.58 bits per heavy atom. The van der Waals surface area contributed by atoms with Gasteiger partial charge in [-0.25, -0.2) is 4.79 Å². The van der Waals surface area contributed by atoms with Crippen molar-refractivity contribution in [3.63, 3.8) is 0 Å². The first-order chi connectivity index (χ1) is 18.3. The molecule has 0 radical (unpaired) electrons. The number of nitrogens with zero attached hydrogens (tertiary/aromatic N) is 2. The van der Waals surface area contributed by atoms with Gasteiger partial charge in [-0.15, -0.1) is 11.3 Å². The number of rotatable bonds is 9. The zero-order chi connectivity index (χ0) is 27.0. The molecule has 1 unspecified atom stereocenters. The van der Waals surface area contributed by atoms with E-state index < -0.39 is 23.3 Å². The SMILES string of the molecule is COC(=O)CC1(n2c(=O)c3c(C)c(Br)sc3n(CC(OC3CCOCC3)c3ccccc3OC)c2=O)CC1. The molecule has 5 rings (SSSR count). The Balaban J connectivity index is 1.67. The fraction of sp³-hybridized carbons (Fsp3) is 0.519. The van der Waals surface area contributed by atoms with Crippen LogP contribution in [0.5, 0.6) is 5.75 Å². The number of carbonyl (C=O) groups is 1. The van der Waals surface area contributed by atoms with E-state index in [2.05, 4.69) is 15.9 Å². The second-order valence-electron chi connectivity index (χ2n) is 9.87. The molecule has 2 aliphatic rings. The largest absolute Gasteiger partial charge is 0.496 e. The van der Waals surface area contributed by atoms with E-state index in [0.717, 1.165) is 27.8 Å². The summed E-state index contributed by atoms with van der Waals surface area (Å²) in [7, 11) is 2.92. The summed E-state index contributed by atoms with van der Waals surface area (Å²) in [5.74, 6) is 0.216. The molecule has 1 aromatic carbocycles. The number of ether oxygens (including phenoxy) is 4. The minimum absolute atomic E-state index is 0.0248. The van der Waals surface area contributed by atoms with Crippen molar-refractivity contribution in [2.24, 2.45) is 0 Å². The Morgan fingerprint density at radius 2 is 1.92 bits per heavy atom. The Bertz CT molecular complexity index is 1470. The Labute approximate surface area is 232 Å². The summed E-state index contributed by atoms with van der Waals surface area (Å²) in [4.78, 5) is 40.8. The molecule has 0 amide bonds. The molecular weight excluding hydrogens is 576 g/mol. The first-order valence-corrected chi connectivity index (χ1v) is 14.3. The lowest BCUT2D eigenvalue weighted by molar-refractivity contribution is -0.141. The summed E-state index contributed by atoms with van der Waals surface area (Å²) in [6.45, 7) is 3.27. The van der Waals surface area contributed by atoms with Crippen molar-refractivity contribution in [1.29, 1.82) is 0 Å². The molecule has 0 bridgehead atoms. The topological polar surface area (TPSA) is 98.0 Å². The van der Waals surface area contributed by atoms with Crippen molar-refractivity contribution in [1.82, 2.24) is 9.13 Å². The zero-order valence-electron chi connectivity index (χ0n) is 21.7. The van der Waals surface area contributed by atoms with Crippen molar-refractivity contribution >= 4 is 43.5 Å². The molecule has 3 heterocycles. The predicted molar refractivity (Wildman–Crippen MR) is 147 cm³/mol. The summed E-state index contributed by atoms with van der Waals surface area (Å²) in [6.07, 6.45) is 2.04. The second-order valence-corrected chi connectivity index (χ2v) is 12.2. The lowest BCUT2D eigenvalue weighted by Crippen LogP contribution is -2.47. The number of aromatic nitrogens is 2. The van der Waals surface area contributed by atoms with E-state index in [9.17, 15) is 14.4 Å². The molecule has 1 aliphatic heterocycles. The van der Waals surface area contributed by atoms with Crippen molar-refractivity contribution in [3.8, 4) is 5.75 Å². The molecule has 1 atom stereocenters. The molecule has 204 valence electrons. The molecule has 3 aromatic rings. The van der Waals surface area contributed by atoms with Crippen LogP contribution >= 0.6 is 27.3 Å². The number of esters is 1. The van der Waals surface area contributed by atoms with Crippen LogP contribution in [0.3, 0.4) is 0 Å². The molecule has 1 aliphatic carbocycles. The van der Waals surface area contributed by atoms with Gasteiger partial charge in [0.1, 0.15) is 16.7 Å². The number of benzene rings is 1. The number of aryl methyl sites for hydroxylation is 1. The maximum atomic E-state index is 14.2. The van der Waals surface area contributed by atoms with Crippen molar-refractivity contribution in [3.05, 3.63) is 60.0 Å². The van der Waals surface area contributed by atoms with E-state index in [-0.39, 0.29) is 24.6 Å². The van der Waals surface area contributed by atoms with Crippen LogP contribution in [0, 0.1) is 6.92 Å². The van der Waals surface area contributed by atoms with Gasteiger partial charge in [0.25, 0.3) is 5.56 Å². The third kappa shape index (κ3) is 4.97. The van der Waals surface area contributed by atoms with E-state index in [1.165, 1.54) is 23.0 Å². The molecule has 2 fully saturated rings. The van der Waals surface area contributed by atoms with Crippen LogP contribution in [0.2, 0.25) is 0 Å². The van der Waals surface area contributed by atoms with Crippen LogP contribution in [0.4, 0.5) is 0 Å². The average Bonchev–Trinajstić information content (AvgIpc) is 3.62. The van der Waals surface area contributed by atoms with Gasteiger partial charge in [0.15, 0.2) is 0 Å². The third-order valence-corrected chi connectivity index (χ3v) is 9.70. The molecule has 0 N–H and O–H groups in total. The quantitative estimate of drug-likeness (QED) is 0.335. The Morgan fingerprint density at radius 1 is 1.21 bits per heavy atom. The summed E-state index contributed by atoms with van der Waals surface area (Å²) in [5, 5.41) is 0.474. The number of thiophene rings is 1. The van der Waals surface area contributed by atoms with Gasteiger partial charge in [0.05, 0.1) is 48.0 Å². The number of methoxy groups -OCH3 is 2. The monoisotopic (exact) mass is 606 g/mol.